The summed E-state index contributed by atoms with van der Waals surface area (Å²) in [5, 5.41) is 13.5. The first-order valence-corrected chi connectivity index (χ1v) is 8.95. The predicted molar refractivity (Wildman–Crippen MR) is 90.0 cm³/mol. The van der Waals surface area contributed by atoms with Crippen molar-refractivity contribution in [2.45, 2.75) is 38.1 Å². The number of carbonyl (C=O) groups excluding carboxylic acids is 1. The van der Waals surface area contributed by atoms with Crippen molar-refractivity contribution >= 4 is 23.6 Å². The summed E-state index contributed by atoms with van der Waals surface area (Å²) < 4.78 is 0. The molecule has 2 fully saturated rings. The first-order chi connectivity index (χ1) is 11.5. The van der Waals surface area contributed by atoms with E-state index < -0.39 is 11.4 Å². The van der Waals surface area contributed by atoms with Gasteiger partial charge in [-0.2, -0.15) is 0 Å². The van der Waals surface area contributed by atoms with Gasteiger partial charge in [0, 0.05) is 18.1 Å². The van der Waals surface area contributed by atoms with Crippen LogP contribution in [0.3, 0.4) is 0 Å². The van der Waals surface area contributed by atoms with Crippen LogP contribution in [-0.4, -0.2) is 35.1 Å². The molecule has 3 aliphatic rings. The molecule has 1 heterocycles. The first-order valence-electron chi connectivity index (χ1n) is 8.57. The normalized spacial score (nSPS) is 31.0. The Labute approximate surface area is 146 Å². The summed E-state index contributed by atoms with van der Waals surface area (Å²) in [6.07, 6.45) is 4.23. The third-order valence-corrected chi connectivity index (χ3v) is 6.45. The Morgan fingerprint density at radius 2 is 2.17 bits per heavy atom. The van der Waals surface area contributed by atoms with Crippen molar-refractivity contribution in [1.29, 1.82) is 0 Å². The van der Waals surface area contributed by atoms with E-state index >= 15 is 0 Å². The minimum Gasteiger partial charge on any atom is -0.481 e. The van der Waals surface area contributed by atoms with Crippen LogP contribution in [0.1, 0.15) is 42.9 Å². The molecule has 1 unspecified atom stereocenters. The van der Waals surface area contributed by atoms with Crippen LogP contribution in [0.2, 0.25) is 5.02 Å². The van der Waals surface area contributed by atoms with Crippen LogP contribution in [0.25, 0.3) is 0 Å². The van der Waals surface area contributed by atoms with Crippen molar-refractivity contribution in [3.05, 3.63) is 34.3 Å². The zero-order chi connectivity index (χ0) is 16.9. The number of hydrogen-bond donors (Lipinski definition) is 2. The van der Waals surface area contributed by atoms with Crippen molar-refractivity contribution in [3.8, 4) is 0 Å². The van der Waals surface area contributed by atoms with E-state index in [-0.39, 0.29) is 18.0 Å². The van der Waals surface area contributed by atoms with Crippen molar-refractivity contribution < 1.29 is 14.7 Å². The predicted octanol–water partition coefficient (Wildman–Crippen LogP) is 3.22. The van der Waals surface area contributed by atoms with Crippen LogP contribution in [0, 0.1) is 11.3 Å². The smallest absolute Gasteiger partial charge is 0.317 e. The van der Waals surface area contributed by atoms with E-state index in [9.17, 15) is 14.7 Å². The Balaban J connectivity index is 1.48. The highest BCUT2D eigenvalue weighted by molar-refractivity contribution is 6.31. The maximum absolute atomic E-state index is 12.7. The number of hydrogen-bond acceptors (Lipinski definition) is 2. The van der Waals surface area contributed by atoms with Crippen LogP contribution >= 0.6 is 11.6 Å². The van der Waals surface area contributed by atoms with Crippen LogP contribution in [0.5, 0.6) is 0 Å². The molecule has 5 nitrogen and oxygen atoms in total. The fourth-order valence-electron chi connectivity index (χ4n) is 4.79. The second kappa shape index (κ2) is 5.66. The van der Waals surface area contributed by atoms with E-state index in [0.717, 1.165) is 41.8 Å². The van der Waals surface area contributed by atoms with Gasteiger partial charge in [-0.05, 0) is 48.8 Å². The zero-order valence-electron chi connectivity index (χ0n) is 13.4. The number of halogens is 1. The molecule has 0 bridgehead atoms. The van der Waals surface area contributed by atoms with E-state index in [1.54, 1.807) is 4.90 Å². The lowest BCUT2D eigenvalue weighted by atomic mass is 9.81. The second-order valence-corrected chi connectivity index (χ2v) is 7.69. The summed E-state index contributed by atoms with van der Waals surface area (Å²) in [6, 6.07) is 5.61. The largest absolute Gasteiger partial charge is 0.481 e. The number of rotatable bonds is 2. The number of amides is 2. The minimum absolute atomic E-state index is 0.0348. The van der Waals surface area contributed by atoms with Gasteiger partial charge in [-0.3, -0.25) is 4.79 Å². The van der Waals surface area contributed by atoms with Crippen LogP contribution < -0.4 is 5.32 Å². The zero-order valence-corrected chi connectivity index (χ0v) is 14.2. The number of urea groups is 1. The van der Waals surface area contributed by atoms with Gasteiger partial charge in [0.1, 0.15) is 0 Å². The molecular formula is C18H21ClN2O3. The fraction of sp³-hybridized carbons (Fsp3) is 0.556. The summed E-state index contributed by atoms with van der Waals surface area (Å²) in [7, 11) is 0. The van der Waals surface area contributed by atoms with Gasteiger partial charge in [-0.1, -0.05) is 30.2 Å². The van der Waals surface area contributed by atoms with Gasteiger partial charge in [0.15, 0.2) is 0 Å². The van der Waals surface area contributed by atoms with E-state index in [4.69, 9.17) is 11.6 Å². The molecular weight excluding hydrogens is 328 g/mol. The molecule has 1 saturated heterocycles. The van der Waals surface area contributed by atoms with E-state index in [2.05, 4.69) is 5.32 Å². The Hall–Kier alpha value is -1.75. The molecule has 1 saturated carbocycles. The molecule has 24 heavy (non-hydrogen) atoms. The van der Waals surface area contributed by atoms with Gasteiger partial charge in [0.25, 0.3) is 0 Å². The first kappa shape index (κ1) is 15.8. The standard InChI is InChI=1S/C18H21ClN2O3/c19-14-5-1-4-13-12(14)6-7-15(13)20-17(24)21-9-11-3-2-8-18(11,10-21)16(22)23/h1,4-5,11,15H,2-3,6-10H2,(H,20,24)(H,22,23)/t11-,15?,18+/m0/s1. The Bertz CT molecular complexity index is 708. The highest BCUT2D eigenvalue weighted by Gasteiger charge is 2.56. The summed E-state index contributed by atoms with van der Waals surface area (Å²) in [5.74, 6) is -0.663. The second-order valence-electron chi connectivity index (χ2n) is 7.28. The Morgan fingerprint density at radius 1 is 1.33 bits per heavy atom. The highest BCUT2D eigenvalue weighted by atomic mass is 35.5. The number of carboxylic acids is 1. The fourth-order valence-corrected chi connectivity index (χ4v) is 5.07. The molecule has 128 valence electrons. The van der Waals surface area contributed by atoms with Crippen LogP contribution in [0.15, 0.2) is 18.2 Å². The maximum Gasteiger partial charge on any atom is 0.317 e. The monoisotopic (exact) mass is 348 g/mol. The van der Waals surface area contributed by atoms with E-state index in [1.807, 2.05) is 18.2 Å². The molecule has 3 atom stereocenters. The van der Waals surface area contributed by atoms with Gasteiger partial charge in [0.05, 0.1) is 11.5 Å². The van der Waals surface area contributed by atoms with Gasteiger partial charge >= 0.3 is 12.0 Å². The number of nitrogens with one attached hydrogen (secondary N) is 1. The summed E-state index contributed by atoms with van der Waals surface area (Å²) in [6.45, 7) is 0.876. The molecule has 0 radical (unpaired) electrons. The number of carboxylic acid groups (broad SMARTS) is 1. The lowest BCUT2D eigenvalue weighted by Crippen LogP contribution is -2.42. The molecule has 2 aliphatic carbocycles. The Kier molecular flexibility index (Phi) is 3.71. The van der Waals surface area contributed by atoms with E-state index in [0.29, 0.717) is 19.5 Å². The van der Waals surface area contributed by atoms with E-state index in [1.165, 1.54) is 0 Å². The number of fused-ring (bicyclic) bond motifs is 2. The number of benzene rings is 1. The molecule has 0 spiro atoms. The SMILES string of the molecule is O=C(NC1CCc2c(Cl)cccc21)N1C[C@@H]2CCC[C@@]2(C(=O)O)C1. The number of carbonyl (C=O) groups is 2. The van der Waals surface area contributed by atoms with Crippen molar-refractivity contribution in [1.82, 2.24) is 10.2 Å². The highest BCUT2D eigenvalue weighted by Crippen LogP contribution is 2.49. The number of nitrogens with zero attached hydrogens (tertiary/aromatic N) is 1. The molecule has 1 aromatic rings. The van der Waals surface area contributed by atoms with Crippen molar-refractivity contribution in [2.24, 2.45) is 11.3 Å². The van der Waals surface area contributed by atoms with Crippen molar-refractivity contribution in [2.75, 3.05) is 13.1 Å². The average Bonchev–Trinajstić information content (AvgIpc) is 3.20. The molecule has 1 aliphatic heterocycles. The van der Waals surface area contributed by atoms with Gasteiger partial charge in [0.2, 0.25) is 0 Å². The molecule has 1 aromatic carbocycles. The molecule has 2 N–H and O–H groups in total. The molecule has 4 rings (SSSR count). The van der Waals surface area contributed by atoms with Gasteiger partial charge in [-0.25, -0.2) is 4.79 Å². The molecule has 6 heteroatoms. The third-order valence-electron chi connectivity index (χ3n) is 6.10. The minimum atomic E-state index is -0.752. The summed E-state index contributed by atoms with van der Waals surface area (Å²) >= 11 is 6.23. The summed E-state index contributed by atoms with van der Waals surface area (Å²) in [5.41, 5.74) is 1.47. The lowest BCUT2D eigenvalue weighted by Gasteiger charge is -2.24. The average molecular weight is 349 g/mol. The number of likely N-dealkylation sites (tertiary alicyclic amines) is 1. The van der Waals surface area contributed by atoms with Gasteiger partial charge in [-0.15, -0.1) is 0 Å². The maximum atomic E-state index is 12.7. The van der Waals surface area contributed by atoms with Crippen molar-refractivity contribution in [3.63, 3.8) is 0 Å². The topological polar surface area (TPSA) is 69.6 Å². The summed E-state index contributed by atoms with van der Waals surface area (Å²) in [4.78, 5) is 26.1. The number of aliphatic carboxylic acids is 1. The quantitative estimate of drug-likeness (QED) is 0.862. The van der Waals surface area contributed by atoms with Crippen LogP contribution in [0.4, 0.5) is 4.79 Å². The van der Waals surface area contributed by atoms with Crippen LogP contribution in [-0.2, 0) is 11.2 Å². The Morgan fingerprint density at radius 3 is 2.92 bits per heavy atom. The molecule has 2 amide bonds. The van der Waals surface area contributed by atoms with Gasteiger partial charge < -0.3 is 15.3 Å². The lowest BCUT2D eigenvalue weighted by molar-refractivity contribution is -0.149. The molecule has 0 aromatic heterocycles. The third kappa shape index (κ3) is 2.29.